The van der Waals surface area contributed by atoms with E-state index in [4.69, 9.17) is 0 Å². The smallest absolute Gasteiger partial charge is 0.321 e. The number of non-ortho nitro benzene ring substituents is 1. The summed E-state index contributed by atoms with van der Waals surface area (Å²) in [6.45, 7) is 4.76. The predicted octanol–water partition coefficient (Wildman–Crippen LogP) is 2.71. The topological polar surface area (TPSA) is 117 Å². The second kappa shape index (κ2) is 8.34. The Labute approximate surface area is 165 Å². The number of nitro groups is 1. The summed E-state index contributed by atoms with van der Waals surface area (Å²) >= 11 is 1.37. The number of amides is 3. The minimum absolute atomic E-state index is 0.00464. The normalized spacial score (nSPS) is 13.2. The first-order chi connectivity index (χ1) is 13.3. The van der Waals surface area contributed by atoms with Crippen LogP contribution in [-0.4, -0.2) is 39.3 Å². The van der Waals surface area contributed by atoms with Crippen molar-refractivity contribution in [3.63, 3.8) is 0 Å². The van der Waals surface area contributed by atoms with E-state index in [1.54, 1.807) is 17.0 Å². The van der Waals surface area contributed by atoms with Gasteiger partial charge in [0.25, 0.3) is 5.69 Å². The van der Waals surface area contributed by atoms with E-state index < -0.39 is 4.92 Å². The maximum atomic E-state index is 12.6. The van der Waals surface area contributed by atoms with Gasteiger partial charge in [-0.05, 0) is 19.4 Å². The number of nitro benzene ring substituents is 1. The predicted molar refractivity (Wildman–Crippen MR) is 105 cm³/mol. The molecule has 1 aromatic carbocycles. The molecule has 0 radical (unpaired) electrons. The molecular formula is C18H21N5O4S. The van der Waals surface area contributed by atoms with Crippen LogP contribution < -0.4 is 10.6 Å². The second-order valence-corrected chi connectivity index (χ2v) is 7.89. The molecule has 1 aromatic heterocycles. The number of fused-ring (bicyclic) bond motifs is 1. The average molecular weight is 403 g/mol. The van der Waals surface area contributed by atoms with E-state index in [-0.39, 0.29) is 30.1 Å². The van der Waals surface area contributed by atoms with Crippen LogP contribution in [0.2, 0.25) is 0 Å². The van der Waals surface area contributed by atoms with E-state index in [2.05, 4.69) is 15.6 Å². The van der Waals surface area contributed by atoms with Crippen LogP contribution >= 0.6 is 11.3 Å². The quantitative estimate of drug-likeness (QED) is 0.588. The monoisotopic (exact) mass is 403 g/mol. The Morgan fingerprint density at radius 3 is 2.68 bits per heavy atom. The van der Waals surface area contributed by atoms with E-state index in [0.29, 0.717) is 24.6 Å². The fourth-order valence-electron chi connectivity index (χ4n) is 2.88. The summed E-state index contributed by atoms with van der Waals surface area (Å²) in [7, 11) is 0. The lowest BCUT2D eigenvalue weighted by atomic mass is 10.1. The summed E-state index contributed by atoms with van der Waals surface area (Å²) in [6, 6.07) is 5.75. The Balaban J connectivity index is 1.60. The van der Waals surface area contributed by atoms with E-state index in [9.17, 15) is 19.7 Å². The highest BCUT2D eigenvalue weighted by Gasteiger charge is 2.24. The largest absolute Gasteiger partial charge is 0.337 e. The van der Waals surface area contributed by atoms with Crippen molar-refractivity contribution >= 4 is 34.1 Å². The molecule has 0 saturated carbocycles. The molecule has 1 aliphatic rings. The molecule has 0 spiro atoms. The highest BCUT2D eigenvalue weighted by molar-refractivity contribution is 7.15. The number of thiazole rings is 1. The number of aromatic nitrogens is 1. The average Bonchev–Trinajstić information content (AvgIpc) is 3.02. The van der Waals surface area contributed by atoms with Crippen LogP contribution in [-0.2, 0) is 24.2 Å². The summed E-state index contributed by atoms with van der Waals surface area (Å²) in [5, 5.41) is 16.7. The molecule has 3 rings (SSSR count). The van der Waals surface area contributed by atoms with E-state index >= 15 is 0 Å². The molecule has 148 valence electrons. The number of anilines is 1. The minimum Gasteiger partial charge on any atom is -0.337 e. The van der Waals surface area contributed by atoms with Crippen molar-refractivity contribution in [2.75, 3.05) is 11.9 Å². The van der Waals surface area contributed by atoms with Gasteiger partial charge in [0.2, 0.25) is 5.91 Å². The molecule has 2 heterocycles. The zero-order chi connectivity index (χ0) is 20.3. The molecule has 0 fully saturated rings. The van der Waals surface area contributed by atoms with E-state index in [1.165, 1.54) is 23.5 Å². The standard InChI is InChI=1S/C18H21N5O4S/c1-11(2)19-17(25)21-18-20-14-7-8-22(10-15(14)28-18)16(24)9-12-3-5-13(6-4-12)23(26)27/h3-6,11H,7-10H2,1-2H3,(H2,19,20,21,25). The van der Waals surface area contributed by atoms with Crippen molar-refractivity contribution in [1.29, 1.82) is 0 Å². The summed E-state index contributed by atoms with van der Waals surface area (Å²) < 4.78 is 0. The molecule has 28 heavy (non-hydrogen) atoms. The highest BCUT2D eigenvalue weighted by Crippen LogP contribution is 2.28. The Morgan fingerprint density at radius 1 is 1.32 bits per heavy atom. The summed E-state index contributed by atoms with van der Waals surface area (Å²) in [5.41, 5.74) is 1.65. The van der Waals surface area contributed by atoms with Crippen molar-refractivity contribution in [2.45, 2.75) is 39.3 Å². The molecule has 10 heteroatoms. The SMILES string of the molecule is CC(C)NC(=O)Nc1nc2c(s1)CN(C(=O)Cc1ccc([N+](=O)[O-])cc1)CC2. The van der Waals surface area contributed by atoms with Crippen molar-refractivity contribution in [3.8, 4) is 0 Å². The van der Waals surface area contributed by atoms with Gasteiger partial charge < -0.3 is 10.2 Å². The van der Waals surface area contributed by atoms with Crippen molar-refractivity contribution < 1.29 is 14.5 Å². The number of urea groups is 1. The van der Waals surface area contributed by atoms with E-state index in [1.807, 2.05) is 13.8 Å². The third-order valence-electron chi connectivity index (χ3n) is 4.23. The maximum absolute atomic E-state index is 12.6. The lowest BCUT2D eigenvalue weighted by molar-refractivity contribution is -0.384. The first kappa shape index (κ1) is 19.7. The fourth-order valence-corrected chi connectivity index (χ4v) is 3.90. The molecule has 0 atom stereocenters. The number of nitrogens with zero attached hydrogens (tertiary/aromatic N) is 3. The Bertz CT molecular complexity index is 894. The van der Waals surface area contributed by atoms with Crippen molar-refractivity contribution in [3.05, 3.63) is 50.5 Å². The van der Waals surface area contributed by atoms with Crippen LogP contribution in [0.25, 0.3) is 0 Å². The van der Waals surface area contributed by atoms with Gasteiger partial charge in [0.15, 0.2) is 5.13 Å². The van der Waals surface area contributed by atoms with Gasteiger partial charge in [-0.15, -0.1) is 0 Å². The second-order valence-electron chi connectivity index (χ2n) is 6.81. The van der Waals surface area contributed by atoms with Gasteiger partial charge in [-0.3, -0.25) is 20.2 Å². The molecule has 0 aliphatic carbocycles. The number of rotatable bonds is 5. The van der Waals surface area contributed by atoms with Gasteiger partial charge in [0.05, 0.1) is 23.6 Å². The molecule has 9 nitrogen and oxygen atoms in total. The Morgan fingerprint density at radius 2 is 2.04 bits per heavy atom. The molecule has 0 saturated heterocycles. The van der Waals surface area contributed by atoms with Crippen LogP contribution in [0, 0.1) is 10.1 Å². The number of hydrogen-bond donors (Lipinski definition) is 2. The van der Waals surface area contributed by atoms with Gasteiger partial charge in [-0.2, -0.15) is 0 Å². The van der Waals surface area contributed by atoms with Crippen LogP contribution in [0.15, 0.2) is 24.3 Å². The van der Waals surface area contributed by atoms with Gasteiger partial charge in [0.1, 0.15) is 0 Å². The first-order valence-electron chi connectivity index (χ1n) is 8.89. The minimum atomic E-state index is -0.464. The maximum Gasteiger partial charge on any atom is 0.321 e. The number of hydrogen-bond acceptors (Lipinski definition) is 6. The summed E-state index contributed by atoms with van der Waals surface area (Å²) in [5.74, 6) is -0.0417. The lowest BCUT2D eigenvalue weighted by Crippen LogP contribution is -2.36. The zero-order valence-corrected chi connectivity index (χ0v) is 16.4. The van der Waals surface area contributed by atoms with Gasteiger partial charge in [-0.25, -0.2) is 9.78 Å². The Hall–Kier alpha value is -3.01. The van der Waals surface area contributed by atoms with Crippen molar-refractivity contribution in [1.82, 2.24) is 15.2 Å². The Kier molecular flexibility index (Phi) is 5.88. The van der Waals surface area contributed by atoms with Crippen LogP contribution in [0.1, 0.15) is 30.0 Å². The molecule has 0 unspecified atom stereocenters. The fraction of sp³-hybridized carbons (Fsp3) is 0.389. The van der Waals surface area contributed by atoms with Crippen molar-refractivity contribution in [2.24, 2.45) is 0 Å². The van der Waals surface area contributed by atoms with Crippen LogP contribution in [0.4, 0.5) is 15.6 Å². The highest BCUT2D eigenvalue weighted by atomic mass is 32.1. The third-order valence-corrected chi connectivity index (χ3v) is 5.22. The van der Waals surface area contributed by atoms with Gasteiger partial charge in [0, 0.05) is 36.0 Å². The molecule has 2 N–H and O–H groups in total. The molecule has 2 aromatic rings. The molecule has 3 amide bonds. The van der Waals surface area contributed by atoms with Gasteiger partial charge in [-0.1, -0.05) is 23.5 Å². The number of carbonyl (C=O) groups is 2. The molecule has 1 aliphatic heterocycles. The number of carbonyl (C=O) groups excluding carboxylic acids is 2. The zero-order valence-electron chi connectivity index (χ0n) is 15.6. The number of nitrogens with one attached hydrogen (secondary N) is 2. The lowest BCUT2D eigenvalue weighted by Gasteiger charge is -2.26. The molecule has 0 bridgehead atoms. The summed E-state index contributed by atoms with van der Waals surface area (Å²) in [6.07, 6.45) is 0.819. The third kappa shape index (κ3) is 4.83. The number of benzene rings is 1. The summed E-state index contributed by atoms with van der Waals surface area (Å²) in [4.78, 5) is 41.8. The van der Waals surface area contributed by atoms with Crippen LogP contribution in [0.5, 0.6) is 0 Å². The van der Waals surface area contributed by atoms with Gasteiger partial charge >= 0.3 is 6.03 Å². The molecular weight excluding hydrogens is 382 g/mol. The van der Waals surface area contributed by atoms with Crippen LogP contribution in [0.3, 0.4) is 0 Å². The van der Waals surface area contributed by atoms with E-state index in [0.717, 1.165) is 16.1 Å². The first-order valence-corrected chi connectivity index (χ1v) is 9.70.